The average Bonchev–Trinajstić information content (AvgIpc) is 2.85. The smallest absolute Gasteiger partial charge is 0.250 e. The minimum Gasteiger partial charge on any atom is -0.369 e. The lowest BCUT2D eigenvalue weighted by Crippen LogP contribution is -2.36. The van der Waals surface area contributed by atoms with E-state index in [1.807, 2.05) is 18.2 Å². The van der Waals surface area contributed by atoms with Crippen molar-refractivity contribution in [1.82, 2.24) is 9.78 Å². The third-order valence-corrected chi connectivity index (χ3v) is 4.94. The van der Waals surface area contributed by atoms with E-state index in [0.29, 0.717) is 13.0 Å². The van der Waals surface area contributed by atoms with Gasteiger partial charge in [-0.05, 0) is 30.5 Å². The maximum atomic E-state index is 12.0. The first kappa shape index (κ1) is 12.9. The van der Waals surface area contributed by atoms with E-state index in [1.165, 1.54) is 16.7 Å². The molecule has 0 radical (unpaired) electrons. The molecule has 1 saturated carbocycles. The van der Waals surface area contributed by atoms with E-state index in [9.17, 15) is 4.79 Å². The summed E-state index contributed by atoms with van der Waals surface area (Å²) in [6.07, 6.45) is 3.83. The van der Waals surface area contributed by atoms with Crippen LogP contribution in [-0.2, 0) is 5.41 Å². The number of anilines is 1. The van der Waals surface area contributed by atoms with E-state index in [1.54, 1.807) is 0 Å². The van der Waals surface area contributed by atoms with Crippen molar-refractivity contribution < 1.29 is 4.79 Å². The third kappa shape index (κ3) is 1.89. The number of nitrogens with one attached hydrogen (secondary N) is 1. The van der Waals surface area contributed by atoms with Crippen LogP contribution in [0.25, 0.3) is 0 Å². The van der Waals surface area contributed by atoms with Crippen molar-refractivity contribution in [3.63, 3.8) is 0 Å². The summed E-state index contributed by atoms with van der Waals surface area (Å²) in [4.78, 5) is 12.0. The van der Waals surface area contributed by atoms with Gasteiger partial charge in [-0.1, -0.05) is 30.2 Å². The average molecular weight is 302 g/mol. The van der Waals surface area contributed by atoms with Crippen LogP contribution in [0.4, 0.5) is 5.82 Å². The number of carbonyl (C=O) groups is 1. The number of benzene rings is 1. The summed E-state index contributed by atoms with van der Waals surface area (Å²) in [5.74, 6) is 0.891. The number of hydrogen-bond acceptors (Lipinski definition) is 3. The van der Waals surface area contributed by atoms with E-state index < -0.39 is 0 Å². The number of carbonyl (C=O) groups excluding carboxylic acids is 1. The summed E-state index contributed by atoms with van der Waals surface area (Å²) in [6.45, 7) is 0.692. The summed E-state index contributed by atoms with van der Waals surface area (Å²) >= 11 is 6.00. The van der Waals surface area contributed by atoms with Crippen molar-refractivity contribution in [2.75, 3.05) is 11.9 Å². The lowest BCUT2D eigenvalue weighted by atomic mass is 9.62. The van der Waals surface area contributed by atoms with Gasteiger partial charge < -0.3 is 5.32 Å². The molecule has 108 valence electrons. The first-order valence-electron chi connectivity index (χ1n) is 7.33. The number of halogens is 1. The molecule has 0 spiro atoms. The molecule has 2 heterocycles. The zero-order chi connectivity index (χ0) is 14.4. The third-order valence-electron chi connectivity index (χ3n) is 4.68. The Morgan fingerprint density at radius 3 is 2.62 bits per heavy atom. The molecule has 1 aliphatic heterocycles. The van der Waals surface area contributed by atoms with E-state index in [2.05, 4.69) is 22.5 Å². The van der Waals surface area contributed by atoms with Crippen LogP contribution in [0.3, 0.4) is 0 Å². The second kappa shape index (κ2) is 4.60. The minimum atomic E-state index is -0.0586. The van der Waals surface area contributed by atoms with E-state index >= 15 is 0 Å². The van der Waals surface area contributed by atoms with Gasteiger partial charge >= 0.3 is 0 Å². The second-order valence-electron chi connectivity index (χ2n) is 5.84. The number of nitrogens with zero attached hydrogens (tertiary/aromatic N) is 2. The molecule has 1 aromatic heterocycles. The molecule has 0 bridgehead atoms. The zero-order valence-electron chi connectivity index (χ0n) is 11.6. The highest BCUT2D eigenvalue weighted by molar-refractivity contribution is 6.30. The zero-order valence-corrected chi connectivity index (χ0v) is 12.4. The van der Waals surface area contributed by atoms with Crippen molar-refractivity contribution in [3.05, 3.63) is 46.6 Å². The predicted molar refractivity (Wildman–Crippen MR) is 82.0 cm³/mol. The lowest BCUT2D eigenvalue weighted by Gasteiger charge is -2.41. The van der Waals surface area contributed by atoms with Crippen LogP contribution in [-0.4, -0.2) is 22.2 Å². The van der Waals surface area contributed by atoms with Crippen molar-refractivity contribution >= 4 is 23.3 Å². The fourth-order valence-electron chi connectivity index (χ4n) is 3.33. The van der Waals surface area contributed by atoms with Crippen LogP contribution < -0.4 is 5.32 Å². The molecule has 2 aromatic rings. The van der Waals surface area contributed by atoms with Crippen LogP contribution in [0.15, 0.2) is 30.3 Å². The first-order valence-corrected chi connectivity index (χ1v) is 7.70. The summed E-state index contributed by atoms with van der Waals surface area (Å²) < 4.78 is 1.52. The quantitative estimate of drug-likeness (QED) is 0.924. The molecule has 0 saturated heterocycles. The molecule has 0 amide bonds. The van der Waals surface area contributed by atoms with E-state index in [4.69, 9.17) is 11.6 Å². The van der Waals surface area contributed by atoms with E-state index in [0.717, 1.165) is 29.4 Å². The Labute approximate surface area is 128 Å². The van der Waals surface area contributed by atoms with Gasteiger partial charge in [0, 0.05) is 29.5 Å². The van der Waals surface area contributed by atoms with Crippen molar-refractivity contribution in [1.29, 1.82) is 0 Å². The molecule has 21 heavy (non-hydrogen) atoms. The fraction of sp³-hybridized carbons (Fsp3) is 0.375. The highest BCUT2D eigenvalue weighted by Crippen LogP contribution is 2.49. The SMILES string of the molecule is O=C1CCNc2cc(C3(c4ccc(Cl)cc4)CCC3)nn21. The van der Waals surface area contributed by atoms with Crippen LogP contribution in [0, 0.1) is 0 Å². The topological polar surface area (TPSA) is 46.9 Å². The number of hydrogen-bond donors (Lipinski definition) is 1. The van der Waals surface area contributed by atoms with Crippen LogP contribution in [0.2, 0.25) is 5.02 Å². The molecule has 0 unspecified atom stereocenters. The van der Waals surface area contributed by atoms with Gasteiger partial charge in [0.05, 0.1) is 5.69 Å². The normalized spacial score (nSPS) is 19.6. The molecule has 1 aliphatic carbocycles. The second-order valence-corrected chi connectivity index (χ2v) is 6.28. The molecule has 1 fully saturated rings. The molecular formula is C16H16ClN3O. The van der Waals surface area contributed by atoms with Gasteiger partial charge in [0.2, 0.25) is 0 Å². The van der Waals surface area contributed by atoms with Crippen molar-refractivity contribution in [2.45, 2.75) is 31.1 Å². The molecule has 4 nitrogen and oxygen atoms in total. The maximum absolute atomic E-state index is 12.0. The van der Waals surface area contributed by atoms with Gasteiger partial charge in [0.1, 0.15) is 5.82 Å². The maximum Gasteiger partial charge on any atom is 0.250 e. The molecule has 1 N–H and O–H groups in total. The summed E-state index contributed by atoms with van der Waals surface area (Å²) in [5, 5.41) is 8.59. The minimum absolute atomic E-state index is 0.0586. The Hall–Kier alpha value is -1.81. The van der Waals surface area contributed by atoms with Crippen molar-refractivity contribution in [3.8, 4) is 0 Å². The number of rotatable bonds is 2. The Bertz CT molecular complexity index is 701. The Balaban J connectivity index is 1.79. The Morgan fingerprint density at radius 2 is 2.00 bits per heavy atom. The number of fused-ring (bicyclic) bond motifs is 1. The van der Waals surface area contributed by atoms with Gasteiger partial charge in [-0.2, -0.15) is 9.78 Å². The molecule has 2 aliphatic rings. The molecule has 1 aromatic carbocycles. The van der Waals surface area contributed by atoms with E-state index in [-0.39, 0.29) is 11.3 Å². The number of aromatic nitrogens is 2. The van der Waals surface area contributed by atoms with Crippen molar-refractivity contribution in [2.24, 2.45) is 0 Å². The Kier molecular flexibility index (Phi) is 2.82. The molecule has 5 heteroatoms. The van der Waals surface area contributed by atoms with Gasteiger partial charge in [0.25, 0.3) is 5.91 Å². The standard InChI is InChI=1S/C16H16ClN3O/c17-12-4-2-11(3-5-12)16(7-1-8-16)13-10-14-18-9-6-15(21)20(14)19-13/h2-5,10,18H,1,6-9H2. The lowest BCUT2D eigenvalue weighted by molar-refractivity contribution is 0.0885. The largest absolute Gasteiger partial charge is 0.369 e. The predicted octanol–water partition coefficient (Wildman–Crippen LogP) is 3.46. The molecular weight excluding hydrogens is 286 g/mol. The van der Waals surface area contributed by atoms with Gasteiger partial charge in [-0.15, -0.1) is 0 Å². The monoisotopic (exact) mass is 301 g/mol. The summed E-state index contributed by atoms with van der Waals surface area (Å²) in [7, 11) is 0. The summed E-state index contributed by atoms with van der Waals surface area (Å²) in [6, 6.07) is 10.0. The fourth-order valence-corrected chi connectivity index (χ4v) is 3.45. The van der Waals surface area contributed by atoms with Crippen LogP contribution in [0.5, 0.6) is 0 Å². The molecule has 0 atom stereocenters. The Morgan fingerprint density at radius 1 is 1.24 bits per heavy atom. The van der Waals surface area contributed by atoms with Gasteiger partial charge in [-0.25, -0.2) is 0 Å². The molecule has 4 rings (SSSR count). The van der Waals surface area contributed by atoms with Crippen LogP contribution >= 0.6 is 11.6 Å². The van der Waals surface area contributed by atoms with Gasteiger partial charge in [0.15, 0.2) is 0 Å². The highest BCUT2D eigenvalue weighted by atomic mass is 35.5. The van der Waals surface area contributed by atoms with Crippen LogP contribution in [0.1, 0.15) is 41.7 Å². The summed E-state index contributed by atoms with van der Waals surface area (Å²) in [5.41, 5.74) is 2.17. The van der Waals surface area contributed by atoms with Gasteiger partial charge in [-0.3, -0.25) is 4.79 Å². The highest BCUT2D eigenvalue weighted by Gasteiger charge is 2.43. The first-order chi connectivity index (χ1) is 10.2.